The van der Waals surface area contributed by atoms with Gasteiger partial charge in [0.15, 0.2) is 0 Å². The van der Waals surface area contributed by atoms with Gasteiger partial charge in [-0.15, -0.1) is 0 Å². The van der Waals surface area contributed by atoms with Gasteiger partial charge in [0.2, 0.25) is 0 Å². The summed E-state index contributed by atoms with van der Waals surface area (Å²) >= 11 is 0. The van der Waals surface area contributed by atoms with Crippen molar-refractivity contribution in [3.63, 3.8) is 0 Å². The minimum atomic E-state index is -0.608. The number of ether oxygens (including phenoxy) is 1. The minimum Gasteiger partial charge on any atom is -0.487 e. The van der Waals surface area contributed by atoms with Crippen molar-refractivity contribution in [3.8, 4) is 5.75 Å². The molecular formula is C17H18FNO2. The average molecular weight is 287 g/mol. The molecule has 2 aromatic rings. The van der Waals surface area contributed by atoms with E-state index < -0.39 is 6.10 Å². The smallest absolute Gasteiger partial charge is 0.127 e. The van der Waals surface area contributed by atoms with E-state index in [4.69, 9.17) is 4.74 Å². The topological polar surface area (TPSA) is 41.5 Å². The summed E-state index contributed by atoms with van der Waals surface area (Å²) in [5, 5.41) is 13.4. The van der Waals surface area contributed by atoms with Crippen molar-refractivity contribution >= 4 is 5.69 Å². The number of hydrogen-bond donors (Lipinski definition) is 2. The molecule has 21 heavy (non-hydrogen) atoms. The summed E-state index contributed by atoms with van der Waals surface area (Å²) in [6, 6.07) is 14.2. The van der Waals surface area contributed by atoms with Gasteiger partial charge in [-0.2, -0.15) is 0 Å². The highest BCUT2D eigenvalue weighted by molar-refractivity contribution is 5.42. The second-order valence-corrected chi connectivity index (χ2v) is 5.26. The van der Waals surface area contributed by atoms with Crippen LogP contribution in [0.15, 0.2) is 48.5 Å². The van der Waals surface area contributed by atoms with Crippen LogP contribution in [0.3, 0.4) is 0 Å². The zero-order valence-electron chi connectivity index (χ0n) is 11.6. The fourth-order valence-electron chi connectivity index (χ4n) is 2.56. The van der Waals surface area contributed by atoms with Crippen LogP contribution < -0.4 is 10.1 Å². The fourth-order valence-corrected chi connectivity index (χ4v) is 2.56. The van der Waals surface area contributed by atoms with E-state index in [1.165, 1.54) is 12.1 Å². The van der Waals surface area contributed by atoms with E-state index in [2.05, 4.69) is 5.32 Å². The molecule has 0 amide bonds. The Morgan fingerprint density at radius 3 is 2.86 bits per heavy atom. The van der Waals surface area contributed by atoms with Gasteiger partial charge < -0.3 is 15.2 Å². The second-order valence-electron chi connectivity index (χ2n) is 5.26. The van der Waals surface area contributed by atoms with Crippen LogP contribution in [0.1, 0.15) is 12.0 Å². The Bertz CT molecular complexity index is 603. The molecule has 2 N–H and O–H groups in total. The van der Waals surface area contributed by atoms with Crippen LogP contribution in [0.4, 0.5) is 10.1 Å². The van der Waals surface area contributed by atoms with Gasteiger partial charge in [0.1, 0.15) is 23.8 Å². The lowest BCUT2D eigenvalue weighted by molar-refractivity contribution is 0.0320. The first-order valence-corrected chi connectivity index (χ1v) is 7.14. The largest absolute Gasteiger partial charge is 0.487 e. The third-order valence-corrected chi connectivity index (χ3v) is 3.72. The number of fused-ring (bicyclic) bond motifs is 1. The van der Waals surface area contributed by atoms with E-state index in [1.54, 1.807) is 6.07 Å². The van der Waals surface area contributed by atoms with Gasteiger partial charge in [-0.1, -0.05) is 18.2 Å². The van der Waals surface area contributed by atoms with Gasteiger partial charge in [-0.25, -0.2) is 4.39 Å². The number of aliphatic hydroxyl groups is 1. The Balaban J connectivity index is 1.59. The molecule has 0 aliphatic carbocycles. The summed E-state index contributed by atoms with van der Waals surface area (Å²) in [6.45, 7) is 0.422. The molecule has 1 aliphatic rings. The molecule has 0 radical (unpaired) electrons. The van der Waals surface area contributed by atoms with Gasteiger partial charge >= 0.3 is 0 Å². The van der Waals surface area contributed by atoms with Crippen LogP contribution in [0.25, 0.3) is 0 Å². The zero-order valence-corrected chi connectivity index (χ0v) is 11.6. The molecule has 0 fully saturated rings. The summed E-state index contributed by atoms with van der Waals surface area (Å²) in [5.74, 6) is 0.425. The first-order chi connectivity index (χ1) is 10.2. The van der Waals surface area contributed by atoms with E-state index in [0.717, 1.165) is 17.7 Å². The molecule has 2 unspecified atom stereocenters. The molecule has 2 aromatic carbocycles. The molecule has 1 aliphatic heterocycles. The fraction of sp³-hybridized carbons (Fsp3) is 0.294. The number of halogens is 1. The molecule has 0 spiro atoms. The van der Waals surface area contributed by atoms with Crippen LogP contribution in [0.2, 0.25) is 0 Å². The van der Waals surface area contributed by atoms with Gasteiger partial charge in [0, 0.05) is 12.2 Å². The summed E-state index contributed by atoms with van der Waals surface area (Å²) in [7, 11) is 0. The predicted molar refractivity (Wildman–Crippen MR) is 80.1 cm³/mol. The number of aliphatic hydroxyl groups excluding tert-OH is 1. The number of hydrogen-bond acceptors (Lipinski definition) is 3. The third kappa shape index (κ3) is 3.34. The molecular weight excluding hydrogens is 269 g/mol. The minimum absolute atomic E-state index is 0.248. The number of nitrogens with one attached hydrogen (secondary N) is 1. The normalized spacial score (nSPS) is 18.5. The standard InChI is InChI=1S/C17H18FNO2/c18-13-7-9-16-12(10-13)6-8-17(21-16)15(20)11-19-14-4-2-1-3-5-14/h1-5,7,9-10,15,17,19-20H,6,8,11H2. The van der Waals surface area contributed by atoms with Crippen molar-refractivity contribution in [1.29, 1.82) is 0 Å². The SMILES string of the molecule is OC(CNc1ccccc1)C1CCc2cc(F)ccc2O1. The highest BCUT2D eigenvalue weighted by Gasteiger charge is 2.26. The molecule has 0 bridgehead atoms. The third-order valence-electron chi connectivity index (χ3n) is 3.72. The molecule has 110 valence electrons. The van der Waals surface area contributed by atoms with Crippen molar-refractivity contribution in [2.75, 3.05) is 11.9 Å². The summed E-state index contributed by atoms with van der Waals surface area (Å²) in [5.41, 5.74) is 1.84. The van der Waals surface area contributed by atoms with Crippen LogP contribution in [-0.4, -0.2) is 23.9 Å². The number of rotatable bonds is 4. The monoisotopic (exact) mass is 287 g/mol. The van der Waals surface area contributed by atoms with Crippen LogP contribution >= 0.6 is 0 Å². The van der Waals surface area contributed by atoms with Crippen LogP contribution in [0, 0.1) is 5.82 Å². The maximum absolute atomic E-state index is 13.1. The van der Waals surface area contributed by atoms with E-state index >= 15 is 0 Å². The Kier molecular flexibility index (Phi) is 4.06. The number of aryl methyl sites for hydroxylation is 1. The zero-order chi connectivity index (χ0) is 14.7. The van der Waals surface area contributed by atoms with E-state index in [1.807, 2.05) is 30.3 Å². The predicted octanol–water partition coefficient (Wildman–Crippen LogP) is 2.99. The summed E-state index contributed by atoms with van der Waals surface area (Å²) in [4.78, 5) is 0. The molecule has 4 heteroatoms. The van der Waals surface area contributed by atoms with E-state index in [9.17, 15) is 9.50 Å². The second kappa shape index (κ2) is 6.14. The van der Waals surface area contributed by atoms with Crippen LogP contribution in [0.5, 0.6) is 5.75 Å². The molecule has 1 heterocycles. The quantitative estimate of drug-likeness (QED) is 0.908. The Hall–Kier alpha value is -2.07. The highest BCUT2D eigenvalue weighted by atomic mass is 19.1. The van der Waals surface area contributed by atoms with Gasteiger partial charge in [-0.3, -0.25) is 0 Å². The summed E-state index contributed by atoms with van der Waals surface area (Å²) in [6.07, 6.45) is 0.538. The first kappa shape index (κ1) is 13.9. The number of benzene rings is 2. The first-order valence-electron chi connectivity index (χ1n) is 7.14. The van der Waals surface area contributed by atoms with Gasteiger partial charge in [0.25, 0.3) is 0 Å². The number of para-hydroxylation sites is 1. The molecule has 0 aromatic heterocycles. The van der Waals surface area contributed by atoms with E-state index in [0.29, 0.717) is 18.7 Å². The average Bonchev–Trinajstić information content (AvgIpc) is 2.53. The Morgan fingerprint density at radius 2 is 2.05 bits per heavy atom. The molecule has 0 saturated carbocycles. The lowest BCUT2D eigenvalue weighted by atomic mass is 9.99. The van der Waals surface area contributed by atoms with E-state index in [-0.39, 0.29) is 11.9 Å². The maximum Gasteiger partial charge on any atom is 0.127 e. The lowest BCUT2D eigenvalue weighted by Crippen LogP contribution is -2.39. The Morgan fingerprint density at radius 1 is 1.24 bits per heavy atom. The van der Waals surface area contributed by atoms with Crippen molar-refractivity contribution in [2.24, 2.45) is 0 Å². The molecule has 0 saturated heterocycles. The lowest BCUT2D eigenvalue weighted by Gasteiger charge is -2.29. The van der Waals surface area contributed by atoms with Gasteiger partial charge in [-0.05, 0) is 48.7 Å². The molecule has 2 atom stereocenters. The van der Waals surface area contributed by atoms with Crippen molar-refractivity contribution in [2.45, 2.75) is 25.0 Å². The van der Waals surface area contributed by atoms with Crippen molar-refractivity contribution in [1.82, 2.24) is 0 Å². The Labute approximate surface area is 123 Å². The number of anilines is 1. The highest BCUT2D eigenvalue weighted by Crippen LogP contribution is 2.29. The molecule has 3 nitrogen and oxygen atoms in total. The van der Waals surface area contributed by atoms with Crippen molar-refractivity contribution < 1.29 is 14.2 Å². The van der Waals surface area contributed by atoms with Crippen molar-refractivity contribution in [3.05, 3.63) is 59.9 Å². The summed E-state index contributed by atoms with van der Waals surface area (Å²) < 4.78 is 18.9. The van der Waals surface area contributed by atoms with Gasteiger partial charge in [0.05, 0.1) is 0 Å². The molecule has 3 rings (SSSR count). The van der Waals surface area contributed by atoms with Crippen LogP contribution in [-0.2, 0) is 6.42 Å². The maximum atomic E-state index is 13.1.